The largest absolute Gasteiger partial charge is 0.368 e. The first-order valence-corrected chi connectivity index (χ1v) is 8.04. The lowest BCUT2D eigenvalue weighted by Gasteiger charge is -2.36. The third-order valence-electron chi connectivity index (χ3n) is 3.48. The molecule has 0 bridgehead atoms. The normalized spacial score (nSPS) is 15.7. The molecule has 5 heteroatoms. The van der Waals surface area contributed by atoms with Gasteiger partial charge in [0.2, 0.25) is 5.91 Å². The van der Waals surface area contributed by atoms with Crippen molar-refractivity contribution in [1.82, 2.24) is 9.88 Å². The monoisotopic (exact) mass is 279 g/mol. The van der Waals surface area contributed by atoms with E-state index in [1.54, 1.807) is 11.8 Å². The number of aryl methyl sites for hydroxylation is 1. The summed E-state index contributed by atoms with van der Waals surface area (Å²) in [6.45, 7) is 5.56. The Kier molecular flexibility index (Phi) is 5.07. The summed E-state index contributed by atoms with van der Waals surface area (Å²) in [4.78, 5) is 20.4. The van der Waals surface area contributed by atoms with E-state index in [4.69, 9.17) is 0 Å². The number of hydrogen-bond acceptors (Lipinski definition) is 4. The van der Waals surface area contributed by atoms with Gasteiger partial charge >= 0.3 is 0 Å². The Morgan fingerprint density at radius 1 is 1.37 bits per heavy atom. The molecular formula is C14H21N3OS. The van der Waals surface area contributed by atoms with Gasteiger partial charge < -0.3 is 9.80 Å². The van der Waals surface area contributed by atoms with E-state index in [1.165, 1.54) is 11.3 Å². The van der Waals surface area contributed by atoms with Gasteiger partial charge in [0.15, 0.2) is 0 Å². The predicted molar refractivity (Wildman–Crippen MR) is 80.8 cm³/mol. The molecule has 19 heavy (non-hydrogen) atoms. The molecule has 1 amide bonds. The Bertz CT molecular complexity index is 430. The topological polar surface area (TPSA) is 36.4 Å². The van der Waals surface area contributed by atoms with Gasteiger partial charge in [0, 0.05) is 56.4 Å². The van der Waals surface area contributed by atoms with Crippen molar-refractivity contribution in [3.8, 4) is 0 Å². The maximum atomic E-state index is 12.0. The van der Waals surface area contributed by atoms with Gasteiger partial charge in [0.1, 0.15) is 0 Å². The Morgan fingerprint density at radius 2 is 2.11 bits per heavy atom. The van der Waals surface area contributed by atoms with Crippen LogP contribution in [0.2, 0.25) is 0 Å². The summed E-state index contributed by atoms with van der Waals surface area (Å²) in [5, 5.41) is 0. The number of piperazine rings is 1. The Labute approximate surface area is 119 Å². The molecule has 104 valence electrons. The molecule has 1 fully saturated rings. The molecule has 0 aliphatic carbocycles. The lowest BCUT2D eigenvalue weighted by atomic mass is 10.2. The summed E-state index contributed by atoms with van der Waals surface area (Å²) in [5.41, 5.74) is 2.44. The van der Waals surface area contributed by atoms with E-state index in [2.05, 4.69) is 22.9 Å². The molecule has 0 spiro atoms. The molecule has 1 aliphatic heterocycles. The van der Waals surface area contributed by atoms with Crippen LogP contribution in [0.25, 0.3) is 0 Å². The van der Waals surface area contributed by atoms with E-state index >= 15 is 0 Å². The number of carbonyl (C=O) groups is 1. The van der Waals surface area contributed by atoms with Gasteiger partial charge in [0.05, 0.1) is 0 Å². The fraction of sp³-hybridized carbons (Fsp3) is 0.571. The van der Waals surface area contributed by atoms with Crippen molar-refractivity contribution >= 4 is 23.4 Å². The molecule has 1 aromatic heterocycles. The van der Waals surface area contributed by atoms with Crippen LogP contribution in [-0.4, -0.2) is 54.0 Å². The number of pyridine rings is 1. The van der Waals surface area contributed by atoms with Crippen LogP contribution in [0.4, 0.5) is 5.69 Å². The number of aromatic nitrogens is 1. The lowest BCUT2D eigenvalue weighted by Crippen LogP contribution is -2.49. The molecule has 1 aromatic rings. The lowest BCUT2D eigenvalue weighted by molar-refractivity contribution is -0.131. The van der Waals surface area contributed by atoms with Crippen LogP contribution in [0.5, 0.6) is 0 Å². The third-order valence-corrected chi connectivity index (χ3v) is 4.10. The van der Waals surface area contributed by atoms with Crippen molar-refractivity contribution in [2.45, 2.75) is 13.3 Å². The van der Waals surface area contributed by atoms with Gasteiger partial charge in [-0.1, -0.05) is 0 Å². The highest BCUT2D eigenvalue weighted by Gasteiger charge is 2.21. The quantitative estimate of drug-likeness (QED) is 0.842. The van der Waals surface area contributed by atoms with Crippen molar-refractivity contribution in [3.63, 3.8) is 0 Å². The van der Waals surface area contributed by atoms with Crippen molar-refractivity contribution in [3.05, 3.63) is 24.0 Å². The van der Waals surface area contributed by atoms with Crippen molar-refractivity contribution in [1.29, 1.82) is 0 Å². The zero-order chi connectivity index (χ0) is 13.7. The van der Waals surface area contributed by atoms with Crippen LogP contribution >= 0.6 is 11.8 Å². The van der Waals surface area contributed by atoms with Crippen LogP contribution in [0, 0.1) is 6.92 Å². The van der Waals surface area contributed by atoms with Crippen LogP contribution in [-0.2, 0) is 4.79 Å². The Balaban J connectivity index is 1.89. The Morgan fingerprint density at radius 3 is 2.74 bits per heavy atom. The molecule has 1 aliphatic rings. The average Bonchev–Trinajstić information content (AvgIpc) is 2.45. The molecule has 1 saturated heterocycles. The molecule has 4 nitrogen and oxygen atoms in total. The molecule has 2 heterocycles. The highest BCUT2D eigenvalue weighted by atomic mass is 32.2. The smallest absolute Gasteiger partial charge is 0.223 e. The Hall–Kier alpha value is -1.23. The minimum absolute atomic E-state index is 0.292. The first-order chi connectivity index (χ1) is 9.22. The van der Waals surface area contributed by atoms with Gasteiger partial charge in [0.25, 0.3) is 0 Å². The summed E-state index contributed by atoms with van der Waals surface area (Å²) in [5.74, 6) is 1.21. The average molecular weight is 279 g/mol. The molecule has 0 saturated carbocycles. The number of amides is 1. The highest BCUT2D eigenvalue weighted by molar-refractivity contribution is 7.98. The molecular weight excluding hydrogens is 258 g/mol. The number of carbonyl (C=O) groups excluding carboxylic acids is 1. The van der Waals surface area contributed by atoms with Crippen LogP contribution in [0.1, 0.15) is 12.0 Å². The van der Waals surface area contributed by atoms with Gasteiger partial charge in [-0.2, -0.15) is 11.8 Å². The molecule has 0 aromatic carbocycles. The van der Waals surface area contributed by atoms with E-state index in [9.17, 15) is 4.79 Å². The van der Waals surface area contributed by atoms with E-state index < -0.39 is 0 Å². The number of hydrogen-bond donors (Lipinski definition) is 0. The van der Waals surface area contributed by atoms with Crippen LogP contribution in [0.15, 0.2) is 18.5 Å². The van der Waals surface area contributed by atoms with Crippen molar-refractivity contribution < 1.29 is 4.79 Å². The fourth-order valence-electron chi connectivity index (χ4n) is 2.37. The second-order valence-corrected chi connectivity index (χ2v) is 5.76. The summed E-state index contributed by atoms with van der Waals surface area (Å²) >= 11 is 1.73. The first-order valence-electron chi connectivity index (χ1n) is 6.64. The van der Waals surface area contributed by atoms with Crippen LogP contribution in [0.3, 0.4) is 0 Å². The second-order valence-electron chi connectivity index (χ2n) is 4.77. The first kappa shape index (κ1) is 14.2. The summed E-state index contributed by atoms with van der Waals surface area (Å²) in [7, 11) is 0. The molecule has 0 unspecified atom stereocenters. The summed E-state index contributed by atoms with van der Waals surface area (Å²) in [6, 6.07) is 2.06. The highest BCUT2D eigenvalue weighted by Crippen LogP contribution is 2.20. The van der Waals surface area contributed by atoms with Gasteiger partial charge in [-0.05, 0) is 24.8 Å². The van der Waals surface area contributed by atoms with E-state index in [-0.39, 0.29) is 0 Å². The maximum Gasteiger partial charge on any atom is 0.223 e. The predicted octanol–water partition coefficient (Wildman–Crippen LogP) is 1.79. The molecule has 0 atom stereocenters. The zero-order valence-corrected chi connectivity index (χ0v) is 12.4. The standard InChI is InChI=1S/C14H21N3OS/c1-12-11-15-5-3-13(12)16-6-8-17(9-7-16)14(18)4-10-19-2/h3,5,11H,4,6-10H2,1-2H3. The van der Waals surface area contributed by atoms with Crippen molar-refractivity contribution in [2.75, 3.05) is 43.1 Å². The number of nitrogens with zero attached hydrogens (tertiary/aromatic N) is 3. The molecule has 0 radical (unpaired) electrons. The molecule has 2 rings (SSSR count). The number of rotatable bonds is 4. The van der Waals surface area contributed by atoms with E-state index in [0.717, 1.165) is 31.9 Å². The van der Waals surface area contributed by atoms with Gasteiger partial charge in [-0.15, -0.1) is 0 Å². The third kappa shape index (κ3) is 3.62. The minimum atomic E-state index is 0.292. The van der Waals surface area contributed by atoms with E-state index in [1.807, 2.05) is 23.5 Å². The fourth-order valence-corrected chi connectivity index (χ4v) is 2.74. The summed E-state index contributed by atoms with van der Waals surface area (Å²) < 4.78 is 0. The number of anilines is 1. The maximum absolute atomic E-state index is 12.0. The number of thioether (sulfide) groups is 1. The second kappa shape index (κ2) is 6.80. The molecule has 0 N–H and O–H groups in total. The summed E-state index contributed by atoms with van der Waals surface area (Å²) in [6.07, 6.45) is 6.43. The SMILES string of the molecule is CSCCC(=O)N1CCN(c2ccncc2C)CC1. The van der Waals surface area contributed by atoms with Gasteiger partial charge in [-0.3, -0.25) is 9.78 Å². The van der Waals surface area contributed by atoms with Crippen LogP contribution < -0.4 is 4.90 Å². The van der Waals surface area contributed by atoms with Gasteiger partial charge in [-0.25, -0.2) is 0 Å². The minimum Gasteiger partial charge on any atom is -0.368 e. The van der Waals surface area contributed by atoms with E-state index in [0.29, 0.717) is 12.3 Å². The zero-order valence-electron chi connectivity index (χ0n) is 11.6. The van der Waals surface area contributed by atoms with Crippen molar-refractivity contribution in [2.24, 2.45) is 0 Å².